The molecule has 4 aromatic heterocycles. The summed E-state index contributed by atoms with van der Waals surface area (Å²) in [6.45, 7) is -0.455. The number of carboxylic acid groups (broad SMARTS) is 2. The van der Waals surface area contributed by atoms with Gasteiger partial charge < -0.3 is 40.8 Å². The van der Waals surface area contributed by atoms with Crippen LogP contribution in [0.15, 0.2) is 80.0 Å². The second-order valence-electron chi connectivity index (χ2n) is 10.9. The van der Waals surface area contributed by atoms with Crippen molar-refractivity contribution < 1.29 is 53.5 Å². The second kappa shape index (κ2) is 14.6. The van der Waals surface area contributed by atoms with Gasteiger partial charge in [-0.1, -0.05) is 5.16 Å². The predicted molar refractivity (Wildman–Crippen MR) is 179 cm³/mol. The van der Waals surface area contributed by atoms with Crippen molar-refractivity contribution in [2.75, 3.05) is 17.2 Å². The van der Waals surface area contributed by atoms with Crippen molar-refractivity contribution in [1.29, 1.82) is 0 Å². The zero-order chi connectivity index (χ0) is 36.4. The smallest absolute Gasteiger partial charge is 0.370 e. The number of nitrogens with one attached hydrogen (secondary N) is 1. The number of carboxylic acids is 2. The number of aliphatic carboxylic acids is 2. The van der Waals surface area contributed by atoms with Gasteiger partial charge in [0, 0.05) is 46.0 Å². The number of nitrogens with zero attached hydrogens (tertiary/aromatic N) is 5. The first kappa shape index (κ1) is 35.0. The fourth-order valence-electron chi connectivity index (χ4n) is 5.04. The average Bonchev–Trinajstić information content (AvgIpc) is 3.75. The van der Waals surface area contributed by atoms with E-state index >= 15 is 0 Å². The predicted octanol–water partition coefficient (Wildman–Crippen LogP) is 0.946. The summed E-state index contributed by atoms with van der Waals surface area (Å²) in [5.41, 5.74) is 5.48. The van der Waals surface area contributed by atoms with E-state index in [0.29, 0.717) is 10.3 Å². The van der Waals surface area contributed by atoms with Gasteiger partial charge in [-0.15, -0.1) is 34.9 Å². The van der Waals surface area contributed by atoms with E-state index in [1.54, 1.807) is 24.5 Å². The van der Waals surface area contributed by atoms with Crippen LogP contribution in [0.2, 0.25) is 0 Å². The molecule has 7 N–H and O–H groups in total. The Balaban J connectivity index is 1.13. The van der Waals surface area contributed by atoms with Crippen molar-refractivity contribution in [2.45, 2.75) is 29.5 Å². The van der Waals surface area contributed by atoms with Crippen molar-refractivity contribution in [3.63, 3.8) is 0 Å². The molecular weight excluding hydrogens is 731 g/mol. The third-order valence-corrected chi connectivity index (χ3v) is 10.5. The molecule has 2 aliphatic rings. The molecule has 6 heterocycles. The molecule has 1 saturated heterocycles. The summed E-state index contributed by atoms with van der Waals surface area (Å²) in [5, 5.41) is 45.9. The lowest BCUT2D eigenvalue weighted by atomic mass is 10.0. The molecule has 51 heavy (non-hydrogen) atoms. The van der Waals surface area contributed by atoms with Crippen molar-refractivity contribution in [3.8, 4) is 17.1 Å². The Morgan fingerprint density at radius 2 is 1.98 bits per heavy atom. The van der Waals surface area contributed by atoms with Gasteiger partial charge in [-0.3, -0.25) is 19.3 Å². The molecule has 2 amide bonds. The van der Waals surface area contributed by atoms with Crippen LogP contribution in [0.25, 0.3) is 17.0 Å². The van der Waals surface area contributed by atoms with Crippen molar-refractivity contribution in [3.05, 3.63) is 87.4 Å². The van der Waals surface area contributed by atoms with Crippen LogP contribution >= 0.6 is 34.9 Å². The summed E-state index contributed by atoms with van der Waals surface area (Å²) in [6.07, 6.45) is 5.11. The molecule has 0 unspecified atom stereocenters. The zero-order valence-corrected chi connectivity index (χ0v) is 28.3. The van der Waals surface area contributed by atoms with Crippen molar-refractivity contribution in [2.24, 2.45) is 0 Å². The quantitative estimate of drug-likeness (QED) is 0.0277. The molecule has 0 spiro atoms. The molecule has 18 nitrogen and oxygen atoms in total. The first-order chi connectivity index (χ1) is 24.4. The lowest BCUT2D eigenvalue weighted by Crippen LogP contribution is -2.70. The Morgan fingerprint density at radius 1 is 1.22 bits per heavy atom. The lowest BCUT2D eigenvalue weighted by molar-refractivity contribution is -0.686. The Hall–Kier alpha value is -5.80. The third-order valence-electron chi connectivity index (χ3n) is 7.43. The van der Waals surface area contributed by atoms with Crippen LogP contribution in [0.5, 0.6) is 5.75 Å². The van der Waals surface area contributed by atoms with Gasteiger partial charge in [0.2, 0.25) is 12.0 Å². The number of nitrogens with two attached hydrogens (primary N) is 1. The standard InChI is InChI=1S/C30H25N7O11S3/c31-30-32-19(13-51-30)17(10-47-9-15-5-18(34-48-15)20-6-21(38)22(39)7-36(20)46)26(42)33-24-27(43)37-25(29(44)45)14(12-50-28(24)37)11-49-16-1-3-35(4-2-16)8-23(40)41/h1-7,10,13,24,28,46H,8-9,11-12H2,(H5-,31,32,33,39,40,41,42,44,45)/p+1/b17-10-/t24-,28-/m1/s1. The fourth-order valence-corrected chi connectivity index (χ4v) is 7.97. The molecule has 1 fully saturated rings. The molecule has 264 valence electrons. The molecule has 0 bridgehead atoms. The molecule has 6 rings (SSSR count). The maximum atomic E-state index is 13.5. The Labute approximate surface area is 298 Å². The van der Waals surface area contributed by atoms with E-state index in [1.165, 1.54) is 39.5 Å². The monoisotopic (exact) mass is 756 g/mol. The normalized spacial score (nSPS) is 17.1. The van der Waals surface area contributed by atoms with Gasteiger partial charge in [0.25, 0.3) is 11.8 Å². The van der Waals surface area contributed by atoms with Gasteiger partial charge in [-0.05, 0) is 5.57 Å². The fraction of sp³-hybridized carbons (Fsp3) is 0.200. The number of aromatic hydroxyl groups is 1. The van der Waals surface area contributed by atoms with E-state index in [0.717, 1.165) is 39.7 Å². The van der Waals surface area contributed by atoms with Gasteiger partial charge >= 0.3 is 11.9 Å². The van der Waals surface area contributed by atoms with E-state index in [-0.39, 0.29) is 63.9 Å². The summed E-state index contributed by atoms with van der Waals surface area (Å²) in [4.78, 5) is 68.0. The van der Waals surface area contributed by atoms with Gasteiger partial charge in [0.15, 0.2) is 29.0 Å². The minimum Gasteiger partial charge on any atom is -0.503 e. The number of amides is 2. The summed E-state index contributed by atoms with van der Waals surface area (Å²) in [5.74, 6) is -3.59. The van der Waals surface area contributed by atoms with Gasteiger partial charge in [0.05, 0.1) is 18.2 Å². The number of anilines is 1. The highest BCUT2D eigenvalue weighted by atomic mass is 32.2. The number of carbonyl (C=O) groups excluding carboxylic acids is 2. The van der Waals surface area contributed by atoms with E-state index in [9.17, 15) is 39.4 Å². The molecule has 2 atom stereocenters. The molecule has 0 aliphatic carbocycles. The van der Waals surface area contributed by atoms with Crippen LogP contribution in [-0.2, 0) is 37.1 Å². The number of thioether (sulfide) groups is 2. The first-order valence-corrected chi connectivity index (χ1v) is 17.5. The lowest BCUT2D eigenvalue weighted by Gasteiger charge is -2.49. The van der Waals surface area contributed by atoms with E-state index in [2.05, 4.69) is 15.5 Å². The van der Waals surface area contributed by atoms with E-state index < -0.39 is 46.3 Å². The number of β-lactam (4-membered cyclic amide) rings is 1. The summed E-state index contributed by atoms with van der Waals surface area (Å²) in [7, 11) is 0. The second-order valence-corrected chi connectivity index (χ2v) is 13.9. The highest BCUT2D eigenvalue weighted by Gasteiger charge is 2.54. The molecule has 2 aliphatic heterocycles. The van der Waals surface area contributed by atoms with Crippen LogP contribution < -0.4 is 21.0 Å². The number of carbonyl (C=O) groups is 4. The SMILES string of the molecule is Nc1nc(/C(=C/OCc2cc(-c3cc(=O)c(O)cn3O)no2)C(=O)N[C@@H]2C(=O)N3C(C(=O)O)=C(CSc4cc[n+](CC(=O)O)cc4)CS[C@H]23)cs1. The molecule has 4 aromatic rings. The number of nitrogen functional groups attached to an aromatic ring is 1. The zero-order valence-electron chi connectivity index (χ0n) is 25.9. The van der Waals surface area contributed by atoms with Gasteiger partial charge in [-0.2, -0.15) is 9.30 Å². The Morgan fingerprint density at radius 3 is 2.67 bits per heavy atom. The van der Waals surface area contributed by atoms with Crippen LogP contribution in [0.4, 0.5) is 5.13 Å². The number of hydrogen-bond acceptors (Lipinski definition) is 15. The van der Waals surface area contributed by atoms with E-state index in [1.807, 2.05) is 0 Å². The number of fused-ring (bicyclic) bond motifs is 1. The number of rotatable bonds is 13. The van der Waals surface area contributed by atoms with Crippen LogP contribution in [0.1, 0.15) is 11.5 Å². The minimum atomic E-state index is -1.28. The Kier molecular flexibility index (Phi) is 10.0. The molecule has 0 saturated carbocycles. The maximum Gasteiger partial charge on any atom is 0.370 e. The molecule has 0 aromatic carbocycles. The minimum absolute atomic E-state index is 0.0581. The van der Waals surface area contributed by atoms with Crippen molar-refractivity contribution >= 4 is 69.3 Å². The van der Waals surface area contributed by atoms with Crippen LogP contribution in [-0.4, -0.2) is 87.0 Å². The number of thiazole rings is 1. The summed E-state index contributed by atoms with van der Waals surface area (Å²) in [6, 6.07) is 4.71. The number of hydrogen-bond donors (Lipinski definition) is 6. The molecular formula is C30H26N7O11S3+. The van der Waals surface area contributed by atoms with Gasteiger partial charge in [0.1, 0.15) is 40.7 Å². The topological polar surface area (TPSA) is 265 Å². The molecule has 0 radical (unpaired) electrons. The van der Waals surface area contributed by atoms with Crippen LogP contribution in [0.3, 0.4) is 0 Å². The third kappa shape index (κ3) is 7.54. The largest absolute Gasteiger partial charge is 0.503 e. The maximum absolute atomic E-state index is 13.5. The summed E-state index contributed by atoms with van der Waals surface area (Å²) < 4.78 is 12.8. The van der Waals surface area contributed by atoms with E-state index in [4.69, 9.17) is 20.1 Å². The van der Waals surface area contributed by atoms with Crippen molar-refractivity contribution in [1.82, 2.24) is 25.1 Å². The molecule has 21 heteroatoms. The highest BCUT2D eigenvalue weighted by molar-refractivity contribution is 8.01. The first-order valence-electron chi connectivity index (χ1n) is 14.6. The number of aromatic nitrogens is 4. The van der Waals surface area contributed by atoms with Crippen LogP contribution in [0, 0.1) is 0 Å². The Bertz CT molecular complexity index is 2160. The number of pyridine rings is 2. The highest BCUT2D eigenvalue weighted by Crippen LogP contribution is 2.42. The number of ether oxygens (including phenoxy) is 1. The summed E-state index contributed by atoms with van der Waals surface area (Å²) >= 11 is 3.71. The average molecular weight is 757 g/mol. The van der Waals surface area contributed by atoms with Gasteiger partial charge in [-0.25, -0.2) is 14.6 Å².